The fourth-order valence-electron chi connectivity index (χ4n) is 1.41. The van der Waals surface area contributed by atoms with E-state index in [1.54, 1.807) is 30.3 Å². The second-order valence-corrected chi connectivity index (χ2v) is 6.16. The highest BCUT2D eigenvalue weighted by Crippen LogP contribution is 2.48. The topological polar surface area (TPSA) is 102 Å². The van der Waals surface area contributed by atoms with E-state index in [2.05, 4.69) is 0 Å². The van der Waals surface area contributed by atoms with Gasteiger partial charge in [0.25, 0.3) is 0 Å². The van der Waals surface area contributed by atoms with Crippen LogP contribution in [-0.4, -0.2) is 48.8 Å². The maximum atomic E-state index is 12.5. The van der Waals surface area contributed by atoms with Crippen LogP contribution in [0.15, 0.2) is 30.3 Å². The number of ether oxygens (including phenoxy) is 1. The van der Waals surface area contributed by atoms with Gasteiger partial charge in [-0.25, -0.2) is 4.57 Å². The molecule has 0 aliphatic rings. The molecular formula is C13H19O7P. The minimum atomic E-state index is -3.57. The van der Waals surface area contributed by atoms with Crippen molar-refractivity contribution in [3.63, 3.8) is 0 Å². The molecule has 0 heterocycles. The Morgan fingerprint density at radius 2 is 1.86 bits per heavy atom. The van der Waals surface area contributed by atoms with E-state index in [4.69, 9.17) is 24.0 Å². The lowest BCUT2D eigenvalue weighted by molar-refractivity contribution is -0.136. The minimum absolute atomic E-state index is 0.0102. The molecule has 0 aliphatic carbocycles. The average molecular weight is 318 g/mol. The summed E-state index contributed by atoms with van der Waals surface area (Å²) in [7, 11) is -3.57. The van der Waals surface area contributed by atoms with Gasteiger partial charge in [0, 0.05) is 0 Å². The molecule has 0 spiro atoms. The Bertz CT molecular complexity index is 463. The van der Waals surface area contributed by atoms with Crippen molar-refractivity contribution in [2.45, 2.75) is 6.42 Å². The van der Waals surface area contributed by atoms with E-state index in [0.29, 0.717) is 5.75 Å². The molecule has 1 aromatic rings. The number of carboxylic acid groups (broad SMARTS) is 1. The molecule has 0 fully saturated rings. The number of carboxylic acids is 1. The smallest absolute Gasteiger partial charge is 0.379 e. The molecule has 8 heteroatoms. The van der Waals surface area contributed by atoms with Gasteiger partial charge in [0.1, 0.15) is 5.75 Å². The Morgan fingerprint density at radius 1 is 1.14 bits per heavy atom. The summed E-state index contributed by atoms with van der Waals surface area (Å²) in [5.74, 6) is -0.727. The number of carbonyl (C=O) groups is 1. The minimum Gasteiger partial charge on any atom is -0.481 e. The number of aliphatic hydroxyl groups excluding tert-OH is 1. The summed E-state index contributed by atoms with van der Waals surface area (Å²) in [5.41, 5.74) is 0. The summed E-state index contributed by atoms with van der Waals surface area (Å²) < 4.78 is 28.0. The number of hydrogen-bond acceptors (Lipinski definition) is 6. The standard InChI is InChI=1S/C13H19O7P/c14-7-8-18-9-10-19-21(17,11-6-13(15)16)20-12-4-2-1-3-5-12/h1-5,14H,6-11H2,(H,15,16). The summed E-state index contributed by atoms with van der Waals surface area (Å²) >= 11 is 0. The third-order valence-electron chi connectivity index (χ3n) is 2.34. The van der Waals surface area contributed by atoms with Gasteiger partial charge in [-0.2, -0.15) is 0 Å². The number of hydrogen-bond donors (Lipinski definition) is 2. The van der Waals surface area contributed by atoms with E-state index in [9.17, 15) is 9.36 Å². The Kier molecular flexibility index (Phi) is 8.00. The third kappa shape index (κ3) is 7.82. The lowest BCUT2D eigenvalue weighted by atomic mass is 10.3. The highest BCUT2D eigenvalue weighted by atomic mass is 31.2. The van der Waals surface area contributed by atoms with Crippen molar-refractivity contribution in [3.8, 4) is 5.75 Å². The predicted molar refractivity (Wildman–Crippen MR) is 75.7 cm³/mol. The molecule has 0 aliphatic heterocycles. The number of aliphatic carboxylic acids is 1. The van der Waals surface area contributed by atoms with Crippen LogP contribution in [0.3, 0.4) is 0 Å². The van der Waals surface area contributed by atoms with Crippen LogP contribution in [0.25, 0.3) is 0 Å². The summed E-state index contributed by atoms with van der Waals surface area (Å²) in [4.78, 5) is 10.6. The van der Waals surface area contributed by atoms with E-state index in [1.165, 1.54) is 0 Å². The fourth-order valence-corrected chi connectivity index (χ4v) is 2.95. The number of para-hydroxylation sites is 1. The van der Waals surface area contributed by atoms with E-state index in [-0.39, 0.29) is 39.0 Å². The van der Waals surface area contributed by atoms with Crippen molar-refractivity contribution in [1.29, 1.82) is 0 Å². The van der Waals surface area contributed by atoms with Crippen LogP contribution in [0, 0.1) is 0 Å². The van der Waals surface area contributed by atoms with Crippen molar-refractivity contribution < 1.29 is 33.4 Å². The van der Waals surface area contributed by atoms with Crippen LogP contribution in [0.5, 0.6) is 5.75 Å². The monoisotopic (exact) mass is 318 g/mol. The summed E-state index contributed by atoms with van der Waals surface area (Å²) in [6.45, 7) is 0.166. The Morgan fingerprint density at radius 3 is 2.48 bits per heavy atom. The molecule has 0 saturated heterocycles. The molecule has 1 unspecified atom stereocenters. The number of aliphatic hydroxyl groups is 1. The van der Waals surface area contributed by atoms with Gasteiger partial charge in [-0.05, 0) is 12.1 Å². The molecule has 0 saturated carbocycles. The maximum Gasteiger partial charge on any atom is 0.379 e. The van der Waals surface area contributed by atoms with Gasteiger partial charge in [0.15, 0.2) is 0 Å². The zero-order chi connectivity index (χ0) is 15.6. The Labute approximate surface area is 123 Å². The van der Waals surface area contributed by atoms with Gasteiger partial charge >= 0.3 is 13.6 Å². The fraction of sp³-hybridized carbons (Fsp3) is 0.462. The van der Waals surface area contributed by atoms with Crippen molar-refractivity contribution in [1.82, 2.24) is 0 Å². The van der Waals surface area contributed by atoms with Crippen LogP contribution in [0.4, 0.5) is 0 Å². The summed E-state index contributed by atoms with van der Waals surface area (Å²) in [5, 5.41) is 17.3. The highest BCUT2D eigenvalue weighted by molar-refractivity contribution is 7.54. The third-order valence-corrected chi connectivity index (χ3v) is 4.17. The summed E-state index contributed by atoms with van der Waals surface area (Å²) in [6.07, 6.45) is -0.543. The second kappa shape index (κ2) is 9.52. The molecular weight excluding hydrogens is 299 g/mol. The number of benzene rings is 1. The van der Waals surface area contributed by atoms with E-state index in [0.717, 1.165) is 0 Å². The van der Waals surface area contributed by atoms with E-state index < -0.39 is 13.6 Å². The van der Waals surface area contributed by atoms with Crippen LogP contribution < -0.4 is 4.52 Å². The van der Waals surface area contributed by atoms with Gasteiger partial charge in [-0.1, -0.05) is 18.2 Å². The molecule has 118 valence electrons. The molecule has 0 amide bonds. The molecule has 7 nitrogen and oxygen atoms in total. The Balaban J connectivity index is 2.57. The zero-order valence-electron chi connectivity index (χ0n) is 11.5. The molecule has 1 atom stereocenters. The first kappa shape index (κ1) is 17.7. The normalized spacial score (nSPS) is 13.6. The quantitative estimate of drug-likeness (QED) is 0.473. The molecule has 1 rings (SSSR count). The van der Waals surface area contributed by atoms with Crippen molar-refractivity contribution in [2.75, 3.05) is 32.6 Å². The maximum absolute atomic E-state index is 12.5. The Hall–Kier alpha value is -1.40. The molecule has 1 aromatic carbocycles. The van der Waals surface area contributed by atoms with Crippen LogP contribution in [0.1, 0.15) is 6.42 Å². The molecule has 0 aromatic heterocycles. The highest BCUT2D eigenvalue weighted by Gasteiger charge is 2.27. The SMILES string of the molecule is O=C(O)CCP(=O)(OCCOCCO)Oc1ccccc1. The van der Waals surface area contributed by atoms with Crippen molar-refractivity contribution in [2.24, 2.45) is 0 Å². The predicted octanol–water partition coefficient (Wildman–Crippen LogP) is 1.76. The van der Waals surface area contributed by atoms with Crippen molar-refractivity contribution in [3.05, 3.63) is 30.3 Å². The van der Waals surface area contributed by atoms with Crippen molar-refractivity contribution >= 4 is 13.6 Å². The van der Waals surface area contributed by atoms with Crippen LogP contribution in [-0.2, 0) is 18.6 Å². The first-order valence-corrected chi connectivity index (χ1v) is 8.17. The van der Waals surface area contributed by atoms with Gasteiger partial charge < -0.3 is 19.5 Å². The second-order valence-electron chi connectivity index (χ2n) is 4.05. The first-order valence-electron chi connectivity index (χ1n) is 6.44. The molecule has 21 heavy (non-hydrogen) atoms. The average Bonchev–Trinajstić information content (AvgIpc) is 2.46. The van der Waals surface area contributed by atoms with Crippen LogP contribution in [0.2, 0.25) is 0 Å². The lowest BCUT2D eigenvalue weighted by Gasteiger charge is -2.18. The first-order chi connectivity index (χ1) is 10.1. The largest absolute Gasteiger partial charge is 0.481 e. The number of rotatable bonds is 11. The lowest BCUT2D eigenvalue weighted by Crippen LogP contribution is -2.11. The van der Waals surface area contributed by atoms with E-state index in [1.807, 2.05) is 0 Å². The van der Waals surface area contributed by atoms with Gasteiger partial charge in [0.2, 0.25) is 0 Å². The molecule has 0 radical (unpaired) electrons. The van der Waals surface area contributed by atoms with Crippen LogP contribution >= 0.6 is 7.60 Å². The molecule has 2 N–H and O–H groups in total. The van der Waals surface area contributed by atoms with Gasteiger partial charge in [-0.15, -0.1) is 0 Å². The van der Waals surface area contributed by atoms with Gasteiger partial charge in [-0.3, -0.25) is 9.32 Å². The zero-order valence-corrected chi connectivity index (χ0v) is 12.4. The van der Waals surface area contributed by atoms with Gasteiger partial charge in [0.05, 0.1) is 39.0 Å². The molecule has 0 bridgehead atoms. The van der Waals surface area contributed by atoms with E-state index >= 15 is 0 Å². The summed E-state index contributed by atoms with van der Waals surface area (Å²) in [6, 6.07) is 8.42.